The summed E-state index contributed by atoms with van der Waals surface area (Å²) in [7, 11) is 0. The molecule has 4 rings (SSSR count). The second-order valence-corrected chi connectivity index (χ2v) is 5.64. The van der Waals surface area contributed by atoms with E-state index in [1.807, 2.05) is 41.2 Å². The molecule has 3 aromatic rings. The van der Waals surface area contributed by atoms with Crippen molar-refractivity contribution in [1.29, 1.82) is 0 Å². The molecule has 6 nitrogen and oxygen atoms in total. The van der Waals surface area contributed by atoms with Crippen LogP contribution in [0.15, 0.2) is 67.0 Å². The molecule has 0 aliphatic carbocycles. The van der Waals surface area contributed by atoms with Crippen molar-refractivity contribution in [1.82, 2.24) is 4.57 Å². The van der Waals surface area contributed by atoms with Crippen LogP contribution in [0.5, 0.6) is 5.75 Å². The molecular formula is C19H15N3O3. The topological polar surface area (TPSA) is 72.4 Å². The lowest BCUT2D eigenvalue weighted by Gasteiger charge is -2.18. The van der Waals surface area contributed by atoms with Gasteiger partial charge in [-0.3, -0.25) is 9.59 Å². The van der Waals surface area contributed by atoms with E-state index in [4.69, 9.17) is 4.74 Å². The number of hydrogen-bond donors (Lipinski definition) is 2. The third-order valence-electron chi connectivity index (χ3n) is 3.90. The largest absolute Gasteiger partial charge is 0.482 e. The highest BCUT2D eigenvalue weighted by Gasteiger charge is 2.16. The third-order valence-corrected chi connectivity index (χ3v) is 3.90. The molecule has 0 unspecified atom stereocenters. The number of fused-ring (bicyclic) bond motifs is 1. The van der Waals surface area contributed by atoms with Gasteiger partial charge < -0.3 is 19.9 Å². The van der Waals surface area contributed by atoms with E-state index in [-0.39, 0.29) is 18.4 Å². The Bertz CT molecular complexity index is 931. The van der Waals surface area contributed by atoms with Crippen molar-refractivity contribution in [2.45, 2.75) is 0 Å². The Kier molecular flexibility index (Phi) is 3.70. The second-order valence-electron chi connectivity index (χ2n) is 5.64. The molecule has 2 amide bonds. The summed E-state index contributed by atoms with van der Waals surface area (Å²) in [5.74, 6) is 0.145. The van der Waals surface area contributed by atoms with Gasteiger partial charge in [0.2, 0.25) is 0 Å². The standard InChI is InChI=1S/C19H15N3O3/c23-18-12-25-17-11-14(5-8-16(17)21-18)20-19(24)13-3-6-15(7-4-13)22-9-1-2-10-22/h1-11H,12H2,(H,20,24)(H,21,23). The maximum Gasteiger partial charge on any atom is 0.262 e. The average Bonchev–Trinajstić information content (AvgIpc) is 3.17. The van der Waals surface area contributed by atoms with Crippen molar-refractivity contribution >= 4 is 23.2 Å². The lowest BCUT2D eigenvalue weighted by molar-refractivity contribution is -0.118. The van der Waals surface area contributed by atoms with Crippen LogP contribution < -0.4 is 15.4 Å². The molecule has 0 atom stereocenters. The van der Waals surface area contributed by atoms with E-state index in [0.717, 1.165) is 5.69 Å². The number of aromatic nitrogens is 1. The van der Waals surface area contributed by atoms with Gasteiger partial charge in [0.05, 0.1) is 5.69 Å². The summed E-state index contributed by atoms with van der Waals surface area (Å²) in [6.07, 6.45) is 3.89. The van der Waals surface area contributed by atoms with Crippen LogP contribution in [0.4, 0.5) is 11.4 Å². The lowest BCUT2D eigenvalue weighted by atomic mass is 10.1. The highest BCUT2D eigenvalue weighted by Crippen LogP contribution is 2.30. The molecule has 0 fully saturated rings. The molecule has 2 heterocycles. The lowest BCUT2D eigenvalue weighted by Crippen LogP contribution is -2.25. The van der Waals surface area contributed by atoms with Gasteiger partial charge in [0.1, 0.15) is 5.75 Å². The van der Waals surface area contributed by atoms with E-state index in [1.54, 1.807) is 30.3 Å². The maximum absolute atomic E-state index is 12.4. The van der Waals surface area contributed by atoms with Gasteiger partial charge in [-0.15, -0.1) is 0 Å². The zero-order chi connectivity index (χ0) is 17.2. The van der Waals surface area contributed by atoms with Crippen molar-refractivity contribution in [2.75, 3.05) is 17.2 Å². The van der Waals surface area contributed by atoms with Crippen molar-refractivity contribution in [3.8, 4) is 11.4 Å². The van der Waals surface area contributed by atoms with Crippen LogP contribution in [0.1, 0.15) is 10.4 Å². The normalized spacial score (nSPS) is 12.7. The van der Waals surface area contributed by atoms with Gasteiger partial charge in [-0.2, -0.15) is 0 Å². The summed E-state index contributed by atoms with van der Waals surface area (Å²) >= 11 is 0. The van der Waals surface area contributed by atoms with Gasteiger partial charge in [0.25, 0.3) is 11.8 Å². The molecular weight excluding hydrogens is 318 g/mol. The SMILES string of the molecule is O=C1COc2cc(NC(=O)c3ccc(-n4cccc4)cc3)ccc2N1. The number of amides is 2. The minimum atomic E-state index is -0.209. The first-order chi connectivity index (χ1) is 12.2. The average molecular weight is 333 g/mol. The molecule has 0 saturated heterocycles. The van der Waals surface area contributed by atoms with Crippen molar-refractivity contribution in [3.05, 3.63) is 72.6 Å². The first-order valence-electron chi connectivity index (χ1n) is 7.80. The summed E-state index contributed by atoms with van der Waals surface area (Å²) in [5.41, 5.74) is 2.75. The molecule has 0 bridgehead atoms. The molecule has 2 aromatic carbocycles. The molecule has 1 aromatic heterocycles. The fourth-order valence-electron chi connectivity index (χ4n) is 2.65. The van der Waals surface area contributed by atoms with Crippen LogP contribution in [0.2, 0.25) is 0 Å². The van der Waals surface area contributed by atoms with Gasteiger partial charge in [0.15, 0.2) is 6.61 Å². The monoisotopic (exact) mass is 333 g/mol. The number of carbonyl (C=O) groups excluding carboxylic acids is 2. The Morgan fingerprint density at radius 2 is 1.84 bits per heavy atom. The van der Waals surface area contributed by atoms with Gasteiger partial charge in [0, 0.05) is 35.4 Å². The van der Waals surface area contributed by atoms with Crippen molar-refractivity contribution < 1.29 is 14.3 Å². The molecule has 0 radical (unpaired) electrons. The predicted octanol–water partition coefficient (Wildman–Crippen LogP) is 3.06. The second kappa shape index (κ2) is 6.16. The Labute approximate surface area is 144 Å². The number of carbonyl (C=O) groups is 2. The Balaban J connectivity index is 1.49. The Morgan fingerprint density at radius 1 is 1.08 bits per heavy atom. The summed E-state index contributed by atoms with van der Waals surface area (Å²) in [4.78, 5) is 23.7. The highest BCUT2D eigenvalue weighted by atomic mass is 16.5. The van der Waals surface area contributed by atoms with Crippen LogP contribution >= 0.6 is 0 Å². The van der Waals surface area contributed by atoms with Gasteiger partial charge in [-0.25, -0.2) is 0 Å². The van der Waals surface area contributed by atoms with E-state index >= 15 is 0 Å². The molecule has 2 N–H and O–H groups in total. The highest BCUT2D eigenvalue weighted by molar-refractivity contribution is 6.05. The quantitative estimate of drug-likeness (QED) is 0.774. The Hall–Kier alpha value is -3.54. The summed E-state index contributed by atoms with van der Waals surface area (Å²) in [6.45, 7) is -0.0226. The number of nitrogens with zero attached hydrogens (tertiary/aromatic N) is 1. The first kappa shape index (κ1) is 15.0. The molecule has 1 aliphatic heterocycles. The van der Waals surface area contributed by atoms with Crippen LogP contribution in [0, 0.1) is 0 Å². The zero-order valence-electron chi connectivity index (χ0n) is 13.2. The molecule has 0 saturated carbocycles. The zero-order valence-corrected chi connectivity index (χ0v) is 13.2. The van der Waals surface area contributed by atoms with Gasteiger partial charge >= 0.3 is 0 Å². The fraction of sp³-hybridized carbons (Fsp3) is 0.0526. The van der Waals surface area contributed by atoms with Gasteiger partial charge in [-0.05, 0) is 48.5 Å². The molecule has 124 valence electrons. The number of nitrogens with one attached hydrogen (secondary N) is 2. The van der Waals surface area contributed by atoms with Crippen molar-refractivity contribution in [2.24, 2.45) is 0 Å². The molecule has 1 aliphatic rings. The first-order valence-corrected chi connectivity index (χ1v) is 7.80. The smallest absolute Gasteiger partial charge is 0.262 e. The van der Waals surface area contributed by atoms with Gasteiger partial charge in [-0.1, -0.05) is 0 Å². The minimum Gasteiger partial charge on any atom is -0.482 e. The number of anilines is 2. The number of rotatable bonds is 3. The fourth-order valence-corrected chi connectivity index (χ4v) is 2.65. The predicted molar refractivity (Wildman–Crippen MR) is 94.3 cm³/mol. The summed E-state index contributed by atoms with van der Waals surface area (Å²) < 4.78 is 7.32. The van der Waals surface area contributed by atoms with E-state index in [9.17, 15) is 9.59 Å². The van der Waals surface area contributed by atoms with E-state index in [1.165, 1.54) is 0 Å². The van der Waals surface area contributed by atoms with E-state index < -0.39 is 0 Å². The van der Waals surface area contributed by atoms with Crippen LogP contribution in [-0.2, 0) is 4.79 Å². The van der Waals surface area contributed by atoms with Crippen LogP contribution in [-0.4, -0.2) is 23.0 Å². The Morgan fingerprint density at radius 3 is 2.60 bits per heavy atom. The van der Waals surface area contributed by atoms with E-state index in [2.05, 4.69) is 10.6 Å². The molecule has 0 spiro atoms. The summed E-state index contributed by atoms with van der Waals surface area (Å²) in [6, 6.07) is 16.3. The molecule has 6 heteroatoms. The number of hydrogen-bond acceptors (Lipinski definition) is 3. The van der Waals surface area contributed by atoms with E-state index in [0.29, 0.717) is 22.7 Å². The van der Waals surface area contributed by atoms with Crippen molar-refractivity contribution in [3.63, 3.8) is 0 Å². The summed E-state index contributed by atoms with van der Waals surface area (Å²) in [5, 5.41) is 5.55. The number of benzene rings is 2. The maximum atomic E-state index is 12.4. The van der Waals surface area contributed by atoms with Crippen LogP contribution in [0.25, 0.3) is 5.69 Å². The number of ether oxygens (including phenoxy) is 1. The molecule has 25 heavy (non-hydrogen) atoms. The third kappa shape index (κ3) is 3.10. The van der Waals surface area contributed by atoms with Crippen LogP contribution in [0.3, 0.4) is 0 Å². The minimum absolute atomic E-state index is 0.0226.